The molecular weight excluding hydrogens is 238 g/mol. The molecule has 1 saturated heterocycles. The van der Waals surface area contributed by atoms with Crippen LogP contribution in [0.5, 0.6) is 0 Å². The van der Waals surface area contributed by atoms with E-state index >= 15 is 0 Å². The first-order valence-electron chi connectivity index (χ1n) is 7.26. The zero-order chi connectivity index (χ0) is 12.4. The molecular formula is C16H23NS. The van der Waals surface area contributed by atoms with Crippen LogP contribution in [-0.2, 0) is 5.54 Å². The SMILES string of the molecule is NC1(c2ccccc2C2CCSCC2)CCCC1. The average molecular weight is 261 g/mol. The molecule has 2 fully saturated rings. The van der Waals surface area contributed by atoms with Gasteiger partial charge < -0.3 is 5.73 Å². The molecule has 2 N–H and O–H groups in total. The van der Waals surface area contributed by atoms with Crippen molar-refractivity contribution in [2.45, 2.75) is 50.0 Å². The maximum atomic E-state index is 6.68. The van der Waals surface area contributed by atoms with Gasteiger partial charge in [-0.1, -0.05) is 37.1 Å². The van der Waals surface area contributed by atoms with Crippen LogP contribution in [0.2, 0.25) is 0 Å². The molecule has 98 valence electrons. The second kappa shape index (κ2) is 5.26. The Bertz CT molecular complexity index is 403. The van der Waals surface area contributed by atoms with Gasteiger partial charge in [0.15, 0.2) is 0 Å². The largest absolute Gasteiger partial charge is 0.321 e. The van der Waals surface area contributed by atoms with Crippen LogP contribution in [0.1, 0.15) is 55.6 Å². The Morgan fingerprint density at radius 3 is 2.44 bits per heavy atom. The van der Waals surface area contributed by atoms with E-state index in [9.17, 15) is 0 Å². The third kappa shape index (κ3) is 2.33. The van der Waals surface area contributed by atoms with E-state index < -0.39 is 0 Å². The first-order chi connectivity index (χ1) is 8.80. The summed E-state index contributed by atoms with van der Waals surface area (Å²) in [5.41, 5.74) is 9.67. The van der Waals surface area contributed by atoms with Crippen molar-refractivity contribution in [3.63, 3.8) is 0 Å². The highest BCUT2D eigenvalue weighted by atomic mass is 32.2. The third-order valence-corrected chi connectivity index (χ3v) is 5.70. The van der Waals surface area contributed by atoms with Gasteiger partial charge in [-0.3, -0.25) is 0 Å². The van der Waals surface area contributed by atoms with Crippen molar-refractivity contribution in [2.75, 3.05) is 11.5 Å². The molecule has 0 amide bonds. The highest BCUT2D eigenvalue weighted by Crippen LogP contribution is 2.42. The lowest BCUT2D eigenvalue weighted by atomic mass is 9.80. The second-order valence-electron chi connectivity index (χ2n) is 5.84. The van der Waals surface area contributed by atoms with E-state index in [0.29, 0.717) is 0 Å². The molecule has 18 heavy (non-hydrogen) atoms. The average Bonchev–Trinajstić information content (AvgIpc) is 2.88. The van der Waals surface area contributed by atoms with Crippen LogP contribution in [-0.4, -0.2) is 11.5 Å². The maximum absolute atomic E-state index is 6.68. The number of hydrogen-bond acceptors (Lipinski definition) is 2. The van der Waals surface area contributed by atoms with Crippen LogP contribution in [0.4, 0.5) is 0 Å². The second-order valence-corrected chi connectivity index (χ2v) is 7.06. The van der Waals surface area contributed by atoms with Crippen molar-refractivity contribution in [1.82, 2.24) is 0 Å². The highest BCUT2D eigenvalue weighted by Gasteiger charge is 2.34. The molecule has 0 unspecified atom stereocenters. The zero-order valence-electron chi connectivity index (χ0n) is 11.0. The first kappa shape index (κ1) is 12.6. The van der Waals surface area contributed by atoms with E-state index in [0.717, 1.165) is 5.92 Å². The zero-order valence-corrected chi connectivity index (χ0v) is 11.8. The summed E-state index contributed by atoms with van der Waals surface area (Å²) in [6, 6.07) is 8.99. The molecule has 0 radical (unpaired) electrons. The van der Waals surface area contributed by atoms with E-state index in [-0.39, 0.29) is 5.54 Å². The molecule has 2 heteroatoms. The maximum Gasteiger partial charge on any atom is 0.0412 e. The van der Waals surface area contributed by atoms with Gasteiger partial charge in [0, 0.05) is 5.54 Å². The Labute approximate surface area is 115 Å². The molecule has 1 aliphatic heterocycles. The number of hydrogen-bond donors (Lipinski definition) is 1. The number of nitrogens with two attached hydrogens (primary N) is 1. The van der Waals surface area contributed by atoms with Crippen LogP contribution >= 0.6 is 11.8 Å². The van der Waals surface area contributed by atoms with E-state index in [1.165, 1.54) is 55.6 Å². The predicted octanol–water partition coefficient (Wildman–Crippen LogP) is 4.03. The molecule has 2 aliphatic rings. The van der Waals surface area contributed by atoms with Gasteiger partial charge in [-0.25, -0.2) is 0 Å². The van der Waals surface area contributed by atoms with Gasteiger partial charge in [0.2, 0.25) is 0 Å². The standard InChI is InChI=1S/C16H23NS/c17-16(9-3-4-10-16)15-6-2-1-5-14(15)13-7-11-18-12-8-13/h1-2,5-6,13H,3-4,7-12,17H2. The van der Waals surface area contributed by atoms with Gasteiger partial charge in [-0.2, -0.15) is 11.8 Å². The Balaban J connectivity index is 1.93. The van der Waals surface area contributed by atoms with E-state index in [1.807, 2.05) is 0 Å². The molecule has 0 atom stereocenters. The van der Waals surface area contributed by atoms with Gasteiger partial charge in [0.1, 0.15) is 0 Å². The van der Waals surface area contributed by atoms with Crippen LogP contribution in [0.3, 0.4) is 0 Å². The Morgan fingerprint density at radius 1 is 1.06 bits per heavy atom. The fourth-order valence-corrected chi connectivity index (χ4v) is 4.70. The molecule has 0 aromatic heterocycles. The lowest BCUT2D eigenvalue weighted by molar-refractivity contribution is 0.450. The smallest absolute Gasteiger partial charge is 0.0412 e. The van der Waals surface area contributed by atoms with Crippen molar-refractivity contribution in [3.8, 4) is 0 Å². The topological polar surface area (TPSA) is 26.0 Å². The summed E-state index contributed by atoms with van der Waals surface area (Å²) in [5.74, 6) is 3.39. The fourth-order valence-electron chi connectivity index (χ4n) is 3.59. The fraction of sp³-hybridized carbons (Fsp3) is 0.625. The van der Waals surface area contributed by atoms with Gasteiger partial charge in [-0.05, 0) is 54.2 Å². The quantitative estimate of drug-likeness (QED) is 0.870. The molecule has 1 aromatic carbocycles. The van der Waals surface area contributed by atoms with Gasteiger partial charge in [-0.15, -0.1) is 0 Å². The molecule has 3 rings (SSSR count). The predicted molar refractivity (Wildman–Crippen MR) is 80.1 cm³/mol. The summed E-state index contributed by atoms with van der Waals surface area (Å²) in [5, 5.41) is 0. The molecule has 1 heterocycles. The molecule has 1 aliphatic carbocycles. The minimum atomic E-state index is -0.0266. The third-order valence-electron chi connectivity index (χ3n) is 4.65. The lowest BCUT2D eigenvalue weighted by Crippen LogP contribution is -2.34. The van der Waals surface area contributed by atoms with Gasteiger partial charge >= 0.3 is 0 Å². The number of rotatable bonds is 2. The van der Waals surface area contributed by atoms with Crippen LogP contribution in [0, 0.1) is 0 Å². The summed E-state index contributed by atoms with van der Waals surface area (Å²) in [6.07, 6.45) is 7.60. The van der Waals surface area contributed by atoms with E-state index in [4.69, 9.17) is 5.73 Å². The number of thioether (sulfide) groups is 1. The van der Waals surface area contributed by atoms with Crippen molar-refractivity contribution in [3.05, 3.63) is 35.4 Å². The van der Waals surface area contributed by atoms with Gasteiger partial charge in [0.05, 0.1) is 0 Å². The molecule has 0 bridgehead atoms. The van der Waals surface area contributed by atoms with E-state index in [2.05, 4.69) is 36.0 Å². The summed E-state index contributed by atoms with van der Waals surface area (Å²) in [4.78, 5) is 0. The molecule has 1 nitrogen and oxygen atoms in total. The molecule has 0 spiro atoms. The van der Waals surface area contributed by atoms with Crippen molar-refractivity contribution >= 4 is 11.8 Å². The Morgan fingerprint density at radius 2 is 1.72 bits per heavy atom. The van der Waals surface area contributed by atoms with Crippen LogP contribution in [0.15, 0.2) is 24.3 Å². The highest BCUT2D eigenvalue weighted by molar-refractivity contribution is 7.99. The summed E-state index contributed by atoms with van der Waals surface area (Å²) < 4.78 is 0. The summed E-state index contributed by atoms with van der Waals surface area (Å²) in [7, 11) is 0. The normalized spacial score (nSPS) is 24.3. The lowest BCUT2D eigenvalue weighted by Gasteiger charge is -2.31. The van der Waals surface area contributed by atoms with E-state index in [1.54, 1.807) is 5.56 Å². The van der Waals surface area contributed by atoms with Crippen LogP contribution < -0.4 is 5.73 Å². The Hall–Kier alpha value is -0.470. The summed E-state index contributed by atoms with van der Waals surface area (Å²) >= 11 is 2.10. The first-order valence-corrected chi connectivity index (χ1v) is 8.41. The van der Waals surface area contributed by atoms with Crippen molar-refractivity contribution in [1.29, 1.82) is 0 Å². The van der Waals surface area contributed by atoms with Crippen LogP contribution in [0.25, 0.3) is 0 Å². The monoisotopic (exact) mass is 261 g/mol. The van der Waals surface area contributed by atoms with Crippen molar-refractivity contribution < 1.29 is 0 Å². The number of benzene rings is 1. The minimum absolute atomic E-state index is 0.0266. The van der Waals surface area contributed by atoms with Gasteiger partial charge in [0.25, 0.3) is 0 Å². The molecule has 1 aromatic rings. The molecule has 1 saturated carbocycles. The van der Waals surface area contributed by atoms with Crippen molar-refractivity contribution in [2.24, 2.45) is 5.73 Å². The Kier molecular flexibility index (Phi) is 3.67. The minimum Gasteiger partial charge on any atom is -0.321 e. The summed E-state index contributed by atoms with van der Waals surface area (Å²) in [6.45, 7) is 0.